The van der Waals surface area contributed by atoms with Crippen LogP contribution < -0.4 is 5.32 Å². The first-order valence-corrected chi connectivity index (χ1v) is 7.45. The van der Waals surface area contributed by atoms with Crippen molar-refractivity contribution in [2.75, 3.05) is 0 Å². The number of carbonyl (C=O) groups is 1. The van der Waals surface area contributed by atoms with Crippen molar-refractivity contribution in [3.8, 4) is 0 Å². The third-order valence-corrected chi connectivity index (χ3v) is 3.63. The van der Waals surface area contributed by atoms with E-state index < -0.39 is 12.0 Å². The molecule has 0 radical (unpaired) electrons. The van der Waals surface area contributed by atoms with Crippen LogP contribution in [0, 0.1) is 5.92 Å². The summed E-state index contributed by atoms with van der Waals surface area (Å²) in [7, 11) is 0. The Labute approximate surface area is 126 Å². The Morgan fingerprint density at radius 3 is 2.67 bits per heavy atom. The number of aliphatic imine (C=N–C) groups is 1. The molecular weight excluding hydrogens is 264 g/mol. The SMILES string of the molecule is CC(C)C[C@H](N=C1NC(C)(C)Cc2ccccc21)C(=O)O. The molecule has 1 aromatic carbocycles. The van der Waals surface area contributed by atoms with Gasteiger partial charge >= 0.3 is 5.97 Å². The monoisotopic (exact) mass is 288 g/mol. The van der Waals surface area contributed by atoms with E-state index in [0.717, 1.165) is 12.0 Å². The van der Waals surface area contributed by atoms with Gasteiger partial charge in [0.15, 0.2) is 0 Å². The van der Waals surface area contributed by atoms with E-state index >= 15 is 0 Å². The summed E-state index contributed by atoms with van der Waals surface area (Å²) in [5, 5.41) is 12.8. The number of fused-ring (bicyclic) bond motifs is 1. The summed E-state index contributed by atoms with van der Waals surface area (Å²) in [5.74, 6) is 0.135. The van der Waals surface area contributed by atoms with Crippen LogP contribution in [-0.2, 0) is 11.2 Å². The fourth-order valence-electron chi connectivity index (χ4n) is 2.73. The van der Waals surface area contributed by atoms with Crippen LogP contribution in [0.25, 0.3) is 0 Å². The molecule has 4 nitrogen and oxygen atoms in total. The minimum atomic E-state index is -0.862. The van der Waals surface area contributed by atoms with Crippen LogP contribution in [0.4, 0.5) is 0 Å². The van der Waals surface area contributed by atoms with E-state index in [4.69, 9.17) is 0 Å². The van der Waals surface area contributed by atoms with E-state index in [1.807, 2.05) is 32.0 Å². The summed E-state index contributed by atoms with van der Waals surface area (Å²) in [4.78, 5) is 16.0. The number of nitrogens with zero attached hydrogens (tertiary/aromatic N) is 1. The molecule has 0 fully saturated rings. The van der Waals surface area contributed by atoms with Crippen LogP contribution in [0.3, 0.4) is 0 Å². The molecule has 0 aliphatic carbocycles. The zero-order chi connectivity index (χ0) is 15.6. The van der Waals surface area contributed by atoms with Gasteiger partial charge in [-0.1, -0.05) is 38.1 Å². The average Bonchev–Trinajstić information content (AvgIpc) is 2.35. The Bertz CT molecular complexity index is 562. The lowest BCUT2D eigenvalue weighted by Gasteiger charge is -2.35. The maximum Gasteiger partial charge on any atom is 0.328 e. The van der Waals surface area contributed by atoms with Crippen LogP contribution in [0.15, 0.2) is 29.3 Å². The lowest BCUT2D eigenvalue weighted by Crippen LogP contribution is -2.50. The molecule has 1 aromatic rings. The van der Waals surface area contributed by atoms with Crippen molar-refractivity contribution in [3.05, 3.63) is 35.4 Å². The van der Waals surface area contributed by atoms with Crippen LogP contribution in [0.2, 0.25) is 0 Å². The van der Waals surface area contributed by atoms with Gasteiger partial charge in [-0.25, -0.2) is 4.79 Å². The highest BCUT2D eigenvalue weighted by Crippen LogP contribution is 2.24. The summed E-state index contributed by atoms with van der Waals surface area (Å²) in [6, 6.07) is 7.37. The number of aliphatic carboxylic acids is 1. The van der Waals surface area contributed by atoms with E-state index in [0.29, 0.717) is 18.2 Å². The highest BCUT2D eigenvalue weighted by Gasteiger charge is 2.29. The normalized spacial score (nSPS) is 20.0. The second kappa shape index (κ2) is 5.88. The summed E-state index contributed by atoms with van der Waals surface area (Å²) >= 11 is 0. The molecule has 2 N–H and O–H groups in total. The first-order chi connectivity index (χ1) is 9.78. The number of nitrogens with one attached hydrogen (secondary N) is 1. The summed E-state index contributed by atoms with van der Waals surface area (Å²) in [6.07, 6.45) is 1.45. The van der Waals surface area contributed by atoms with Gasteiger partial charge in [-0.2, -0.15) is 0 Å². The van der Waals surface area contributed by atoms with Crippen molar-refractivity contribution in [1.29, 1.82) is 0 Å². The second-order valence-corrected chi connectivity index (χ2v) is 6.80. The van der Waals surface area contributed by atoms with Crippen molar-refractivity contribution in [3.63, 3.8) is 0 Å². The Hall–Kier alpha value is -1.84. The van der Waals surface area contributed by atoms with Crippen molar-refractivity contribution < 1.29 is 9.90 Å². The molecule has 0 saturated heterocycles. The van der Waals surface area contributed by atoms with Gasteiger partial charge in [-0.05, 0) is 38.2 Å². The summed E-state index contributed by atoms with van der Waals surface area (Å²) < 4.78 is 0. The van der Waals surface area contributed by atoms with Gasteiger partial charge in [0.1, 0.15) is 11.9 Å². The lowest BCUT2D eigenvalue weighted by atomic mass is 9.87. The molecule has 0 spiro atoms. The molecule has 0 saturated carbocycles. The minimum Gasteiger partial charge on any atom is -0.480 e. The average molecular weight is 288 g/mol. The van der Waals surface area contributed by atoms with Gasteiger partial charge in [0, 0.05) is 11.1 Å². The number of carboxylic acid groups (broad SMARTS) is 1. The fourth-order valence-corrected chi connectivity index (χ4v) is 2.73. The molecule has 0 amide bonds. The molecule has 114 valence electrons. The van der Waals surface area contributed by atoms with Crippen molar-refractivity contribution in [2.45, 2.75) is 52.1 Å². The predicted octanol–water partition coefficient (Wildman–Crippen LogP) is 2.86. The number of rotatable bonds is 4. The van der Waals surface area contributed by atoms with Crippen LogP contribution in [0.1, 0.15) is 45.2 Å². The van der Waals surface area contributed by atoms with Crippen LogP contribution in [0.5, 0.6) is 0 Å². The molecule has 1 atom stereocenters. The van der Waals surface area contributed by atoms with E-state index in [1.54, 1.807) is 0 Å². The zero-order valence-corrected chi connectivity index (χ0v) is 13.2. The molecule has 1 aliphatic rings. The molecule has 0 bridgehead atoms. The molecule has 21 heavy (non-hydrogen) atoms. The number of hydrogen-bond acceptors (Lipinski definition) is 2. The lowest BCUT2D eigenvalue weighted by molar-refractivity contribution is -0.138. The molecule has 1 aliphatic heterocycles. The highest BCUT2D eigenvalue weighted by atomic mass is 16.4. The molecule has 0 unspecified atom stereocenters. The largest absolute Gasteiger partial charge is 0.480 e. The molecule has 4 heteroatoms. The highest BCUT2D eigenvalue weighted by molar-refractivity contribution is 6.02. The van der Waals surface area contributed by atoms with Gasteiger partial charge in [0.05, 0.1) is 0 Å². The molecule has 0 aromatic heterocycles. The van der Waals surface area contributed by atoms with Gasteiger partial charge < -0.3 is 10.4 Å². The van der Waals surface area contributed by atoms with Crippen LogP contribution >= 0.6 is 0 Å². The van der Waals surface area contributed by atoms with Crippen molar-refractivity contribution in [1.82, 2.24) is 5.32 Å². The van der Waals surface area contributed by atoms with Crippen molar-refractivity contribution >= 4 is 11.8 Å². The van der Waals surface area contributed by atoms with E-state index in [2.05, 4.69) is 30.2 Å². The first-order valence-electron chi connectivity index (χ1n) is 7.45. The Morgan fingerprint density at radius 2 is 2.05 bits per heavy atom. The number of hydrogen-bond donors (Lipinski definition) is 2. The van der Waals surface area contributed by atoms with E-state index in [9.17, 15) is 9.90 Å². The topological polar surface area (TPSA) is 61.7 Å². The van der Waals surface area contributed by atoms with Gasteiger partial charge in [0.2, 0.25) is 0 Å². The Balaban J connectivity index is 2.41. The maximum atomic E-state index is 11.4. The smallest absolute Gasteiger partial charge is 0.328 e. The summed E-state index contributed by atoms with van der Waals surface area (Å²) in [5.41, 5.74) is 2.12. The van der Waals surface area contributed by atoms with E-state index in [-0.39, 0.29) is 5.54 Å². The summed E-state index contributed by atoms with van der Waals surface area (Å²) in [6.45, 7) is 8.25. The first kappa shape index (κ1) is 15.5. The van der Waals surface area contributed by atoms with Gasteiger partial charge in [0.25, 0.3) is 0 Å². The zero-order valence-electron chi connectivity index (χ0n) is 13.2. The Kier molecular flexibility index (Phi) is 4.35. The van der Waals surface area contributed by atoms with Gasteiger partial charge in [-0.3, -0.25) is 4.99 Å². The third kappa shape index (κ3) is 3.84. The van der Waals surface area contributed by atoms with Gasteiger partial charge in [-0.15, -0.1) is 0 Å². The number of benzene rings is 1. The standard InChI is InChI=1S/C17H24N2O2/c1-11(2)9-14(16(20)21)18-15-13-8-6-5-7-12(13)10-17(3,4)19-15/h5-8,11,14H,9-10H2,1-4H3,(H,18,19)(H,20,21)/t14-/m0/s1. The quantitative estimate of drug-likeness (QED) is 0.895. The molecular formula is C17H24N2O2. The third-order valence-electron chi connectivity index (χ3n) is 3.63. The van der Waals surface area contributed by atoms with Crippen molar-refractivity contribution in [2.24, 2.45) is 10.9 Å². The van der Waals surface area contributed by atoms with Crippen LogP contribution in [-0.4, -0.2) is 28.5 Å². The Morgan fingerprint density at radius 1 is 1.38 bits per heavy atom. The predicted molar refractivity (Wildman–Crippen MR) is 84.8 cm³/mol. The van der Waals surface area contributed by atoms with E-state index in [1.165, 1.54) is 5.56 Å². The molecule has 2 rings (SSSR count). The minimum absolute atomic E-state index is 0.117. The molecule has 1 heterocycles. The second-order valence-electron chi connectivity index (χ2n) is 6.80. The number of carboxylic acids is 1. The maximum absolute atomic E-state index is 11.4. The number of amidine groups is 1. The fraction of sp³-hybridized carbons (Fsp3) is 0.529.